The van der Waals surface area contributed by atoms with Gasteiger partial charge in [0.05, 0.1) is 24.6 Å². The number of pyridine rings is 1. The molecule has 2 amide bonds. The number of para-hydroxylation sites is 1. The number of hydrogen-bond acceptors (Lipinski definition) is 4. The molecule has 1 N–H and O–H groups in total. The molecule has 3 saturated heterocycles. The molecule has 0 radical (unpaired) electrons. The molecule has 26 heavy (non-hydrogen) atoms. The summed E-state index contributed by atoms with van der Waals surface area (Å²) >= 11 is 0. The summed E-state index contributed by atoms with van der Waals surface area (Å²) in [5.41, 5.74) is 0.0274. The van der Waals surface area contributed by atoms with Crippen molar-refractivity contribution in [3.8, 4) is 0 Å². The summed E-state index contributed by atoms with van der Waals surface area (Å²) in [6.07, 6.45) is 1.73. The fraction of sp³-hybridized carbons (Fsp3) is 0.421. The fourth-order valence-corrected chi connectivity index (χ4v) is 4.73. The summed E-state index contributed by atoms with van der Waals surface area (Å²) < 4.78 is 6.05. The van der Waals surface area contributed by atoms with Crippen LogP contribution in [0.1, 0.15) is 29.6 Å². The highest BCUT2D eigenvalue weighted by Gasteiger charge is 2.61. The van der Waals surface area contributed by atoms with Crippen molar-refractivity contribution in [1.29, 1.82) is 0 Å². The lowest BCUT2D eigenvalue weighted by Gasteiger charge is -2.42. The number of rotatable bonds is 1. The average molecular weight is 353 g/mol. The quantitative estimate of drug-likeness (QED) is 0.832. The van der Waals surface area contributed by atoms with Gasteiger partial charge in [0, 0.05) is 36.5 Å². The van der Waals surface area contributed by atoms with Crippen LogP contribution in [0.4, 0.5) is 0 Å². The van der Waals surface area contributed by atoms with Crippen molar-refractivity contribution in [2.24, 2.45) is 0 Å². The predicted molar refractivity (Wildman–Crippen MR) is 93.6 cm³/mol. The number of aromatic amines is 1. The van der Waals surface area contributed by atoms with E-state index in [2.05, 4.69) is 4.98 Å². The first-order valence-corrected chi connectivity index (χ1v) is 8.98. The molecule has 1 aromatic carbocycles. The van der Waals surface area contributed by atoms with Crippen LogP contribution in [0.3, 0.4) is 0 Å². The Bertz CT molecular complexity index is 984. The first-order valence-electron chi connectivity index (χ1n) is 8.98. The molecule has 0 bridgehead atoms. The fourth-order valence-electron chi connectivity index (χ4n) is 4.73. The molecule has 3 aliphatic rings. The van der Waals surface area contributed by atoms with Crippen LogP contribution in [-0.4, -0.2) is 58.1 Å². The molecule has 2 aromatic rings. The van der Waals surface area contributed by atoms with Crippen LogP contribution in [0.5, 0.6) is 0 Å². The van der Waals surface area contributed by atoms with Crippen molar-refractivity contribution >= 4 is 22.7 Å². The predicted octanol–water partition coefficient (Wildman–Crippen LogP) is 1.09. The monoisotopic (exact) mass is 353 g/mol. The van der Waals surface area contributed by atoms with Gasteiger partial charge in [-0.3, -0.25) is 14.4 Å². The van der Waals surface area contributed by atoms with E-state index in [9.17, 15) is 14.4 Å². The first kappa shape index (κ1) is 15.6. The third-order valence-electron chi connectivity index (χ3n) is 5.85. The molecule has 0 aliphatic carbocycles. The molecule has 3 fully saturated rings. The smallest absolute Gasteiger partial charge is 0.255 e. The molecule has 7 nitrogen and oxygen atoms in total. The number of nitrogens with zero attached hydrogens (tertiary/aromatic N) is 2. The van der Waals surface area contributed by atoms with Gasteiger partial charge in [-0.25, -0.2) is 0 Å². The number of aromatic nitrogens is 1. The number of nitrogens with one attached hydrogen (secondary N) is 1. The highest BCUT2D eigenvalue weighted by Crippen LogP contribution is 2.45. The van der Waals surface area contributed by atoms with Gasteiger partial charge < -0.3 is 19.5 Å². The summed E-state index contributed by atoms with van der Waals surface area (Å²) in [5.74, 6) is -0.166. The van der Waals surface area contributed by atoms with Crippen molar-refractivity contribution in [3.63, 3.8) is 0 Å². The summed E-state index contributed by atoms with van der Waals surface area (Å²) in [4.78, 5) is 44.1. The largest absolute Gasteiger partial charge is 0.353 e. The Morgan fingerprint density at radius 1 is 1.23 bits per heavy atom. The van der Waals surface area contributed by atoms with Crippen LogP contribution in [0.15, 0.2) is 35.1 Å². The van der Waals surface area contributed by atoms with E-state index in [1.807, 2.05) is 23.1 Å². The molecule has 4 heterocycles. The number of carbonyl (C=O) groups is 2. The van der Waals surface area contributed by atoms with Crippen LogP contribution < -0.4 is 5.56 Å². The van der Waals surface area contributed by atoms with E-state index in [0.717, 1.165) is 6.42 Å². The van der Waals surface area contributed by atoms with E-state index in [1.165, 1.54) is 6.07 Å². The van der Waals surface area contributed by atoms with Gasteiger partial charge in [0.15, 0.2) is 5.72 Å². The van der Waals surface area contributed by atoms with E-state index in [1.54, 1.807) is 11.0 Å². The molecule has 134 valence electrons. The Labute approximate surface area is 149 Å². The van der Waals surface area contributed by atoms with Gasteiger partial charge in [-0.1, -0.05) is 18.2 Å². The first-order chi connectivity index (χ1) is 12.6. The molecular weight excluding hydrogens is 334 g/mol. The Morgan fingerprint density at radius 2 is 2.08 bits per heavy atom. The third kappa shape index (κ3) is 2.00. The molecule has 1 aromatic heterocycles. The van der Waals surface area contributed by atoms with E-state index in [4.69, 9.17) is 4.74 Å². The van der Waals surface area contributed by atoms with E-state index >= 15 is 0 Å². The number of fused-ring (bicyclic) bond motifs is 1. The Balaban J connectivity index is 1.57. The lowest BCUT2D eigenvalue weighted by atomic mass is 10.0. The summed E-state index contributed by atoms with van der Waals surface area (Å²) in [7, 11) is 0. The maximum Gasteiger partial charge on any atom is 0.255 e. The van der Waals surface area contributed by atoms with Gasteiger partial charge in [-0.15, -0.1) is 0 Å². The van der Waals surface area contributed by atoms with Gasteiger partial charge in [-0.05, 0) is 12.5 Å². The maximum absolute atomic E-state index is 13.3. The van der Waals surface area contributed by atoms with E-state index in [-0.39, 0.29) is 29.8 Å². The number of hydrogen-bond donors (Lipinski definition) is 1. The Morgan fingerprint density at radius 3 is 2.96 bits per heavy atom. The minimum atomic E-state index is -0.679. The molecule has 2 atom stereocenters. The van der Waals surface area contributed by atoms with Crippen LogP contribution in [0, 0.1) is 0 Å². The number of likely N-dealkylation sites (tertiary alicyclic amines) is 1. The van der Waals surface area contributed by atoms with Crippen LogP contribution in [0.25, 0.3) is 10.9 Å². The van der Waals surface area contributed by atoms with E-state index < -0.39 is 5.72 Å². The standard InChI is InChI=1S/C19H19N3O4/c23-16-10-13(12-4-1-2-5-14(12)20-16)18(25)21-8-6-19-15(21)11-17(24)22(19)7-3-9-26-19/h1-2,4-5,10,15H,3,6-9,11H2,(H,20,23)/t15-,19+/m1/s1. The zero-order chi connectivity index (χ0) is 17.9. The summed E-state index contributed by atoms with van der Waals surface area (Å²) in [6, 6.07) is 8.33. The SMILES string of the molecule is O=C(c1cc(=O)[nH]c2ccccc12)N1CC[C@@]23OCCCN2C(=O)C[C@@H]13. The van der Waals surface area contributed by atoms with Crippen molar-refractivity contribution < 1.29 is 14.3 Å². The van der Waals surface area contributed by atoms with Crippen LogP contribution >= 0.6 is 0 Å². The lowest BCUT2D eigenvalue weighted by molar-refractivity contribution is -0.179. The van der Waals surface area contributed by atoms with Crippen molar-refractivity contribution in [1.82, 2.24) is 14.8 Å². The highest BCUT2D eigenvalue weighted by molar-refractivity contribution is 6.06. The van der Waals surface area contributed by atoms with Gasteiger partial charge in [0.2, 0.25) is 11.5 Å². The van der Waals surface area contributed by atoms with Gasteiger partial charge in [0.25, 0.3) is 5.91 Å². The second-order valence-electron chi connectivity index (χ2n) is 7.15. The topological polar surface area (TPSA) is 82.7 Å². The van der Waals surface area contributed by atoms with Crippen molar-refractivity contribution in [2.75, 3.05) is 19.7 Å². The number of benzene rings is 1. The Hall–Kier alpha value is -2.67. The molecular formula is C19H19N3O4. The molecule has 0 saturated carbocycles. The van der Waals surface area contributed by atoms with Gasteiger partial charge in [0.1, 0.15) is 0 Å². The average Bonchev–Trinajstić information content (AvgIpc) is 3.12. The summed E-state index contributed by atoms with van der Waals surface area (Å²) in [5, 5.41) is 0.712. The number of ether oxygens (including phenoxy) is 1. The second-order valence-corrected chi connectivity index (χ2v) is 7.15. The minimum Gasteiger partial charge on any atom is -0.353 e. The molecule has 1 spiro atoms. The van der Waals surface area contributed by atoms with E-state index in [0.29, 0.717) is 42.6 Å². The normalized spacial score (nSPS) is 27.7. The third-order valence-corrected chi connectivity index (χ3v) is 5.85. The minimum absolute atomic E-state index is 0.0444. The second kappa shape index (κ2) is 5.41. The van der Waals surface area contributed by atoms with Crippen molar-refractivity contribution in [3.05, 3.63) is 46.2 Å². The number of H-pyrrole nitrogens is 1. The zero-order valence-electron chi connectivity index (χ0n) is 14.2. The number of amides is 2. The molecule has 7 heteroatoms. The van der Waals surface area contributed by atoms with Gasteiger partial charge >= 0.3 is 0 Å². The maximum atomic E-state index is 13.3. The molecule has 3 aliphatic heterocycles. The lowest BCUT2D eigenvalue weighted by Crippen LogP contribution is -2.56. The van der Waals surface area contributed by atoms with Crippen LogP contribution in [-0.2, 0) is 9.53 Å². The summed E-state index contributed by atoms with van der Waals surface area (Å²) in [6.45, 7) is 1.82. The zero-order valence-corrected chi connectivity index (χ0v) is 14.2. The van der Waals surface area contributed by atoms with Gasteiger partial charge in [-0.2, -0.15) is 0 Å². The van der Waals surface area contributed by atoms with Crippen LogP contribution in [0.2, 0.25) is 0 Å². The Kier molecular flexibility index (Phi) is 3.24. The van der Waals surface area contributed by atoms with Crippen molar-refractivity contribution in [2.45, 2.75) is 31.0 Å². The molecule has 0 unspecified atom stereocenters. The number of carbonyl (C=O) groups excluding carboxylic acids is 2. The molecule has 5 rings (SSSR count). The highest BCUT2D eigenvalue weighted by atomic mass is 16.5.